The van der Waals surface area contributed by atoms with Crippen molar-refractivity contribution >= 4 is 5.91 Å². The van der Waals surface area contributed by atoms with Crippen LogP contribution in [-0.4, -0.2) is 15.9 Å². The highest BCUT2D eigenvalue weighted by atomic mass is 16.1. The average molecular weight is 229 g/mol. The summed E-state index contributed by atoms with van der Waals surface area (Å²) < 4.78 is 0. The van der Waals surface area contributed by atoms with Crippen LogP contribution in [0.2, 0.25) is 0 Å². The summed E-state index contributed by atoms with van der Waals surface area (Å²) in [6.07, 6.45) is 8.47. The minimum atomic E-state index is 0.0649. The number of H-pyrrole nitrogens is 1. The highest BCUT2D eigenvalue weighted by Crippen LogP contribution is 2.01. The second-order valence-corrected chi connectivity index (χ2v) is 3.86. The lowest BCUT2D eigenvalue weighted by atomic mass is 10.1. The van der Waals surface area contributed by atoms with Crippen LogP contribution in [0.25, 0.3) is 0 Å². The Balaban J connectivity index is 1.71. The zero-order valence-corrected chi connectivity index (χ0v) is 9.52. The van der Waals surface area contributed by atoms with Crippen molar-refractivity contribution in [2.75, 3.05) is 0 Å². The lowest BCUT2D eigenvalue weighted by Gasteiger charge is -2.03. The molecule has 0 saturated carbocycles. The van der Waals surface area contributed by atoms with E-state index in [0.717, 1.165) is 17.5 Å². The van der Waals surface area contributed by atoms with Gasteiger partial charge < -0.3 is 10.3 Å². The van der Waals surface area contributed by atoms with Crippen LogP contribution in [0.15, 0.2) is 43.0 Å². The number of carbonyl (C=O) groups is 1. The maximum atomic E-state index is 11.6. The van der Waals surface area contributed by atoms with E-state index in [9.17, 15) is 4.79 Å². The maximum Gasteiger partial charge on any atom is 0.220 e. The maximum absolute atomic E-state index is 11.6. The second-order valence-electron chi connectivity index (χ2n) is 3.86. The Morgan fingerprint density at radius 1 is 1.35 bits per heavy atom. The molecule has 0 bridgehead atoms. The molecular formula is C13H15N3O. The first-order valence-corrected chi connectivity index (χ1v) is 5.62. The van der Waals surface area contributed by atoms with Crippen molar-refractivity contribution in [3.8, 4) is 0 Å². The van der Waals surface area contributed by atoms with Crippen LogP contribution in [0.1, 0.15) is 17.5 Å². The molecule has 2 N–H and O–H groups in total. The van der Waals surface area contributed by atoms with E-state index in [0.29, 0.717) is 13.0 Å². The lowest BCUT2D eigenvalue weighted by molar-refractivity contribution is -0.121. The van der Waals surface area contributed by atoms with Gasteiger partial charge in [0, 0.05) is 37.8 Å². The molecule has 0 fully saturated rings. The number of aryl methyl sites for hydroxylation is 1. The summed E-state index contributed by atoms with van der Waals surface area (Å²) in [6.45, 7) is 0.579. The minimum Gasteiger partial charge on any atom is -0.367 e. The molecule has 88 valence electrons. The van der Waals surface area contributed by atoms with Crippen molar-refractivity contribution in [2.45, 2.75) is 19.4 Å². The van der Waals surface area contributed by atoms with Gasteiger partial charge in [-0.25, -0.2) is 0 Å². The molecule has 0 aliphatic rings. The summed E-state index contributed by atoms with van der Waals surface area (Å²) in [4.78, 5) is 18.5. The van der Waals surface area contributed by atoms with Gasteiger partial charge in [0.15, 0.2) is 0 Å². The molecule has 2 aromatic heterocycles. The zero-order chi connectivity index (χ0) is 11.9. The van der Waals surface area contributed by atoms with Gasteiger partial charge in [-0.3, -0.25) is 9.78 Å². The molecule has 0 aliphatic heterocycles. The SMILES string of the molecule is O=C(CCc1cccnc1)NCc1cc[nH]c1. The van der Waals surface area contributed by atoms with E-state index < -0.39 is 0 Å². The molecule has 0 spiro atoms. The molecule has 0 atom stereocenters. The Hall–Kier alpha value is -2.10. The third-order valence-electron chi connectivity index (χ3n) is 2.52. The highest BCUT2D eigenvalue weighted by Gasteiger charge is 2.02. The van der Waals surface area contributed by atoms with E-state index in [1.807, 2.05) is 30.6 Å². The standard InChI is InChI=1S/C13H15N3O/c17-13(16-10-12-5-7-15-9-12)4-3-11-2-1-6-14-8-11/h1-2,5-9,15H,3-4,10H2,(H,16,17). The van der Waals surface area contributed by atoms with Crippen molar-refractivity contribution in [1.29, 1.82) is 0 Å². The van der Waals surface area contributed by atoms with Gasteiger partial charge in [0.2, 0.25) is 5.91 Å². The van der Waals surface area contributed by atoms with E-state index >= 15 is 0 Å². The minimum absolute atomic E-state index is 0.0649. The monoisotopic (exact) mass is 229 g/mol. The Labute approximate surface area is 100 Å². The van der Waals surface area contributed by atoms with Crippen molar-refractivity contribution < 1.29 is 4.79 Å². The fourth-order valence-corrected chi connectivity index (χ4v) is 1.56. The third kappa shape index (κ3) is 3.75. The average Bonchev–Trinajstić information content (AvgIpc) is 2.88. The summed E-state index contributed by atoms with van der Waals surface area (Å²) in [5, 5.41) is 2.88. The van der Waals surface area contributed by atoms with E-state index in [1.54, 1.807) is 12.4 Å². The Morgan fingerprint density at radius 2 is 2.29 bits per heavy atom. The van der Waals surface area contributed by atoms with Crippen LogP contribution in [0.4, 0.5) is 0 Å². The molecule has 0 unspecified atom stereocenters. The van der Waals surface area contributed by atoms with E-state index in [-0.39, 0.29) is 5.91 Å². The molecule has 4 nitrogen and oxygen atoms in total. The van der Waals surface area contributed by atoms with Gasteiger partial charge in [-0.2, -0.15) is 0 Å². The molecule has 0 aliphatic carbocycles. The molecule has 2 heterocycles. The Bertz CT molecular complexity index is 451. The van der Waals surface area contributed by atoms with E-state index in [1.165, 1.54) is 0 Å². The second kappa shape index (κ2) is 5.84. The Kier molecular flexibility index (Phi) is 3.91. The van der Waals surface area contributed by atoms with E-state index in [2.05, 4.69) is 15.3 Å². The summed E-state index contributed by atoms with van der Waals surface area (Å²) in [5.41, 5.74) is 2.17. The lowest BCUT2D eigenvalue weighted by Crippen LogP contribution is -2.22. The van der Waals surface area contributed by atoms with Gasteiger partial charge in [-0.1, -0.05) is 6.07 Å². The predicted molar refractivity (Wildman–Crippen MR) is 65.2 cm³/mol. The number of pyridine rings is 1. The predicted octanol–water partition coefficient (Wildman–Crippen LogP) is 1.66. The van der Waals surface area contributed by atoms with Crippen molar-refractivity contribution in [3.05, 3.63) is 54.1 Å². The number of hydrogen-bond acceptors (Lipinski definition) is 2. The number of amides is 1. The summed E-state index contributed by atoms with van der Waals surface area (Å²) >= 11 is 0. The van der Waals surface area contributed by atoms with Crippen molar-refractivity contribution in [1.82, 2.24) is 15.3 Å². The molecule has 0 aromatic carbocycles. The molecular weight excluding hydrogens is 214 g/mol. The smallest absolute Gasteiger partial charge is 0.220 e. The summed E-state index contributed by atoms with van der Waals surface area (Å²) in [5.74, 6) is 0.0649. The number of aromatic amines is 1. The first kappa shape index (κ1) is 11.4. The topological polar surface area (TPSA) is 57.8 Å². The molecule has 4 heteroatoms. The number of carbonyl (C=O) groups excluding carboxylic acids is 1. The van der Waals surface area contributed by atoms with Gasteiger partial charge in [0.05, 0.1) is 0 Å². The van der Waals surface area contributed by atoms with Crippen LogP contribution in [0.3, 0.4) is 0 Å². The van der Waals surface area contributed by atoms with E-state index in [4.69, 9.17) is 0 Å². The van der Waals surface area contributed by atoms with Gasteiger partial charge in [-0.15, -0.1) is 0 Å². The van der Waals surface area contributed by atoms with Crippen molar-refractivity contribution in [3.63, 3.8) is 0 Å². The third-order valence-corrected chi connectivity index (χ3v) is 2.52. The fourth-order valence-electron chi connectivity index (χ4n) is 1.56. The molecule has 2 aromatic rings. The van der Waals surface area contributed by atoms with Crippen LogP contribution in [0.5, 0.6) is 0 Å². The summed E-state index contributed by atoms with van der Waals surface area (Å²) in [6, 6.07) is 5.81. The molecule has 17 heavy (non-hydrogen) atoms. The Morgan fingerprint density at radius 3 is 3.00 bits per heavy atom. The van der Waals surface area contributed by atoms with Gasteiger partial charge in [0.1, 0.15) is 0 Å². The molecule has 0 saturated heterocycles. The molecule has 0 radical (unpaired) electrons. The van der Waals surface area contributed by atoms with Crippen LogP contribution in [-0.2, 0) is 17.8 Å². The number of nitrogens with zero attached hydrogens (tertiary/aromatic N) is 1. The summed E-state index contributed by atoms with van der Waals surface area (Å²) in [7, 11) is 0. The number of aromatic nitrogens is 2. The van der Waals surface area contributed by atoms with Crippen LogP contribution < -0.4 is 5.32 Å². The first-order chi connectivity index (χ1) is 8.34. The number of hydrogen-bond donors (Lipinski definition) is 2. The number of nitrogens with one attached hydrogen (secondary N) is 2. The number of rotatable bonds is 5. The molecule has 1 amide bonds. The molecule has 2 rings (SSSR count). The quantitative estimate of drug-likeness (QED) is 0.819. The zero-order valence-electron chi connectivity index (χ0n) is 9.52. The van der Waals surface area contributed by atoms with Gasteiger partial charge in [-0.05, 0) is 29.7 Å². The normalized spacial score (nSPS) is 10.1. The van der Waals surface area contributed by atoms with Gasteiger partial charge >= 0.3 is 0 Å². The highest BCUT2D eigenvalue weighted by molar-refractivity contribution is 5.76. The first-order valence-electron chi connectivity index (χ1n) is 5.62. The van der Waals surface area contributed by atoms with Gasteiger partial charge in [0.25, 0.3) is 0 Å². The fraction of sp³-hybridized carbons (Fsp3) is 0.231. The van der Waals surface area contributed by atoms with Crippen molar-refractivity contribution in [2.24, 2.45) is 0 Å². The largest absolute Gasteiger partial charge is 0.367 e. The van der Waals surface area contributed by atoms with Crippen LogP contribution >= 0.6 is 0 Å². The van der Waals surface area contributed by atoms with Crippen LogP contribution in [0, 0.1) is 0 Å².